The van der Waals surface area contributed by atoms with Crippen molar-refractivity contribution in [3.05, 3.63) is 60.1 Å². The molecule has 7 nitrogen and oxygen atoms in total. The quantitative estimate of drug-likeness (QED) is 0.507. The molecule has 1 aromatic carbocycles. The molecule has 1 aliphatic heterocycles. The third-order valence-electron chi connectivity index (χ3n) is 7.59. The summed E-state index contributed by atoms with van der Waals surface area (Å²) in [6.45, 7) is 9.42. The molecular formula is C29H33N5O2. The van der Waals surface area contributed by atoms with Gasteiger partial charge in [-0.1, -0.05) is 18.7 Å². The topological polar surface area (TPSA) is 80.1 Å². The van der Waals surface area contributed by atoms with Crippen molar-refractivity contribution in [2.24, 2.45) is 13.0 Å². The van der Waals surface area contributed by atoms with Crippen molar-refractivity contribution in [1.29, 1.82) is 0 Å². The van der Waals surface area contributed by atoms with Crippen LogP contribution < -0.4 is 5.32 Å². The summed E-state index contributed by atoms with van der Waals surface area (Å²) in [4.78, 5) is 36.0. The van der Waals surface area contributed by atoms with E-state index in [9.17, 15) is 9.59 Å². The summed E-state index contributed by atoms with van der Waals surface area (Å²) in [6.07, 6.45) is 9.85. The lowest BCUT2D eigenvalue weighted by Crippen LogP contribution is -2.34. The molecule has 1 atom stereocenters. The zero-order valence-corrected chi connectivity index (χ0v) is 21.3. The number of hydrogen-bond donors (Lipinski definition) is 1. The first-order chi connectivity index (χ1) is 17.4. The van der Waals surface area contributed by atoms with Crippen molar-refractivity contribution in [1.82, 2.24) is 19.4 Å². The maximum Gasteiger partial charge on any atom is 0.247 e. The lowest BCUT2D eigenvalue weighted by molar-refractivity contribution is -0.134. The molecule has 36 heavy (non-hydrogen) atoms. The van der Waals surface area contributed by atoms with Gasteiger partial charge in [-0.25, -0.2) is 9.97 Å². The first kappa shape index (κ1) is 24.0. The van der Waals surface area contributed by atoms with E-state index in [0.717, 1.165) is 90.0 Å². The largest absolute Gasteiger partial charge is 0.342 e. The molecule has 0 radical (unpaired) electrons. The number of amides is 2. The van der Waals surface area contributed by atoms with Gasteiger partial charge in [0.1, 0.15) is 12.0 Å². The number of nitrogens with zero attached hydrogens (tertiary/aromatic N) is 4. The molecule has 1 N–H and O–H groups in total. The highest BCUT2D eigenvalue weighted by atomic mass is 16.2. The number of allylic oxidation sites excluding steroid dienone is 2. The number of fused-ring (bicyclic) bond motifs is 1. The van der Waals surface area contributed by atoms with Crippen molar-refractivity contribution >= 4 is 34.1 Å². The van der Waals surface area contributed by atoms with Gasteiger partial charge < -0.3 is 14.8 Å². The van der Waals surface area contributed by atoms with E-state index in [1.807, 2.05) is 31.0 Å². The van der Waals surface area contributed by atoms with Crippen LogP contribution in [0, 0.1) is 19.8 Å². The number of likely N-dealkylation sites (tertiary alicyclic amines) is 1. The van der Waals surface area contributed by atoms with Crippen LogP contribution in [0.25, 0.3) is 27.9 Å². The summed E-state index contributed by atoms with van der Waals surface area (Å²) in [5.41, 5.74) is 8.20. The van der Waals surface area contributed by atoms with Crippen LogP contribution in [0.4, 0.5) is 5.69 Å². The van der Waals surface area contributed by atoms with Crippen LogP contribution in [0.1, 0.15) is 48.9 Å². The van der Waals surface area contributed by atoms with Crippen LogP contribution in [0.3, 0.4) is 0 Å². The summed E-state index contributed by atoms with van der Waals surface area (Å²) in [6, 6.07) is 5.96. The Kier molecular flexibility index (Phi) is 6.48. The second kappa shape index (κ2) is 9.72. The zero-order valence-electron chi connectivity index (χ0n) is 21.3. The van der Waals surface area contributed by atoms with Crippen molar-refractivity contribution < 1.29 is 9.59 Å². The minimum atomic E-state index is -0.233. The number of aryl methyl sites for hydroxylation is 3. The zero-order chi connectivity index (χ0) is 25.4. The van der Waals surface area contributed by atoms with Crippen molar-refractivity contribution in [2.75, 3.05) is 18.4 Å². The number of hydrogen-bond acceptors (Lipinski definition) is 4. The highest BCUT2D eigenvalue weighted by Crippen LogP contribution is 2.43. The fourth-order valence-electron chi connectivity index (χ4n) is 5.71. The standard InChI is InChI=1S/C29H33N5O2/c1-5-24(35)32-22-12-13-23(18(2)16-22)27-26(25-19(3)30-17-31-28(25)33(27)4)20-8-10-21(11-9-20)29(36)34-14-6-7-15-34/h5,8,12-13,16-17,21H,1,6-7,9-11,14-15H2,2-4H3,(H,32,35)/t21-/m0/s1. The number of anilines is 1. The van der Waals surface area contributed by atoms with Gasteiger partial charge in [-0.15, -0.1) is 0 Å². The molecule has 0 spiro atoms. The van der Waals surface area contributed by atoms with E-state index in [1.54, 1.807) is 6.33 Å². The molecule has 2 aromatic heterocycles. The maximum atomic E-state index is 13.0. The lowest BCUT2D eigenvalue weighted by atomic mass is 9.84. The van der Waals surface area contributed by atoms with Crippen LogP contribution in [0.5, 0.6) is 0 Å². The fraction of sp³-hybridized carbons (Fsp3) is 0.379. The van der Waals surface area contributed by atoms with Gasteiger partial charge in [-0.05, 0) is 75.3 Å². The van der Waals surface area contributed by atoms with Crippen molar-refractivity contribution in [2.45, 2.75) is 46.0 Å². The summed E-state index contributed by atoms with van der Waals surface area (Å²) in [7, 11) is 2.05. The summed E-state index contributed by atoms with van der Waals surface area (Å²) < 4.78 is 2.14. The summed E-state index contributed by atoms with van der Waals surface area (Å²) in [5, 5.41) is 3.91. The SMILES string of the molecule is C=CC(=O)Nc1ccc(-c2c(C3=CC[C@H](C(=O)N4CCCC4)CC3)c3c(C)ncnc3n2C)c(C)c1. The van der Waals surface area contributed by atoms with Gasteiger partial charge in [0, 0.05) is 48.3 Å². The Bertz CT molecular complexity index is 1390. The highest BCUT2D eigenvalue weighted by Gasteiger charge is 2.30. The molecule has 0 unspecified atom stereocenters. The van der Waals surface area contributed by atoms with E-state index in [-0.39, 0.29) is 11.8 Å². The Hall–Kier alpha value is -3.74. The minimum absolute atomic E-state index is 0.0668. The van der Waals surface area contributed by atoms with Crippen LogP contribution in [0.15, 0.2) is 43.3 Å². The fourth-order valence-corrected chi connectivity index (χ4v) is 5.71. The molecule has 1 aliphatic carbocycles. The third kappa shape index (κ3) is 4.23. The number of benzene rings is 1. The lowest BCUT2D eigenvalue weighted by Gasteiger charge is -2.26. The van der Waals surface area contributed by atoms with Gasteiger partial charge in [0.2, 0.25) is 11.8 Å². The van der Waals surface area contributed by atoms with E-state index in [0.29, 0.717) is 5.91 Å². The van der Waals surface area contributed by atoms with E-state index < -0.39 is 0 Å². The molecule has 1 fully saturated rings. The van der Waals surface area contributed by atoms with Gasteiger partial charge in [-0.3, -0.25) is 9.59 Å². The van der Waals surface area contributed by atoms with Crippen LogP contribution >= 0.6 is 0 Å². The first-order valence-corrected chi connectivity index (χ1v) is 12.7. The Morgan fingerprint density at radius 1 is 1.17 bits per heavy atom. The van der Waals surface area contributed by atoms with E-state index in [1.165, 1.54) is 11.6 Å². The molecule has 2 aliphatic rings. The van der Waals surface area contributed by atoms with Crippen molar-refractivity contribution in [3.63, 3.8) is 0 Å². The molecule has 186 valence electrons. The Morgan fingerprint density at radius 2 is 1.94 bits per heavy atom. The molecule has 3 heterocycles. The summed E-state index contributed by atoms with van der Waals surface area (Å²) >= 11 is 0. The van der Waals surface area contributed by atoms with Crippen molar-refractivity contribution in [3.8, 4) is 11.3 Å². The van der Waals surface area contributed by atoms with E-state index >= 15 is 0 Å². The van der Waals surface area contributed by atoms with Gasteiger partial charge in [-0.2, -0.15) is 0 Å². The number of nitrogens with one attached hydrogen (secondary N) is 1. The molecule has 0 saturated carbocycles. The average Bonchev–Trinajstić information content (AvgIpc) is 3.52. The van der Waals surface area contributed by atoms with Crippen LogP contribution in [-0.4, -0.2) is 44.3 Å². The number of rotatable bonds is 5. The second-order valence-electron chi connectivity index (χ2n) is 9.90. The number of carbonyl (C=O) groups excluding carboxylic acids is 2. The average molecular weight is 484 g/mol. The second-order valence-corrected chi connectivity index (χ2v) is 9.90. The molecule has 2 amide bonds. The molecular weight excluding hydrogens is 450 g/mol. The van der Waals surface area contributed by atoms with E-state index in [4.69, 9.17) is 0 Å². The monoisotopic (exact) mass is 483 g/mol. The van der Waals surface area contributed by atoms with Gasteiger partial charge in [0.25, 0.3) is 0 Å². The number of carbonyl (C=O) groups is 2. The van der Waals surface area contributed by atoms with E-state index in [2.05, 4.69) is 45.5 Å². The molecule has 7 heteroatoms. The van der Waals surface area contributed by atoms with Crippen LogP contribution in [-0.2, 0) is 16.6 Å². The Balaban J connectivity index is 1.58. The van der Waals surface area contributed by atoms with Gasteiger partial charge >= 0.3 is 0 Å². The van der Waals surface area contributed by atoms with Crippen LogP contribution in [0.2, 0.25) is 0 Å². The maximum absolute atomic E-state index is 13.0. The predicted octanol–water partition coefficient (Wildman–Crippen LogP) is 5.18. The highest BCUT2D eigenvalue weighted by molar-refractivity contribution is 6.02. The molecule has 3 aromatic rings. The minimum Gasteiger partial charge on any atom is -0.342 e. The smallest absolute Gasteiger partial charge is 0.247 e. The van der Waals surface area contributed by atoms with Gasteiger partial charge in [0.15, 0.2) is 0 Å². The normalized spacial score (nSPS) is 17.8. The molecule has 1 saturated heterocycles. The third-order valence-corrected chi connectivity index (χ3v) is 7.59. The number of aromatic nitrogens is 3. The molecule has 5 rings (SSSR count). The summed E-state index contributed by atoms with van der Waals surface area (Å²) in [5.74, 6) is 0.148. The predicted molar refractivity (Wildman–Crippen MR) is 143 cm³/mol. The Morgan fingerprint density at radius 3 is 2.61 bits per heavy atom. The first-order valence-electron chi connectivity index (χ1n) is 12.7. The van der Waals surface area contributed by atoms with Gasteiger partial charge in [0.05, 0.1) is 11.4 Å². The Labute approximate surface area is 211 Å². The molecule has 0 bridgehead atoms.